The molecule has 0 saturated carbocycles. The molecule has 0 aromatic heterocycles. The third kappa shape index (κ3) is 7.32. The van der Waals surface area contributed by atoms with Crippen molar-refractivity contribution in [3.63, 3.8) is 0 Å². The molecule has 2 fully saturated rings. The number of hydrogen-bond donors (Lipinski definition) is 0. The van der Waals surface area contributed by atoms with Gasteiger partial charge in [0.05, 0.1) is 27.4 Å². The molecule has 9 heteroatoms. The first kappa shape index (κ1) is 28.9. The number of halogens is 2. The summed E-state index contributed by atoms with van der Waals surface area (Å²) in [7, 11) is 3.24. The Bertz CT molecular complexity index is 1090. The van der Waals surface area contributed by atoms with Gasteiger partial charge in [-0.15, -0.1) is 0 Å². The molecule has 2 aliphatic rings. The first-order valence-corrected chi connectivity index (χ1v) is 14.0. The van der Waals surface area contributed by atoms with Gasteiger partial charge in [-0.05, 0) is 43.0 Å². The highest BCUT2D eigenvalue weighted by atomic mass is 19.2. The predicted molar refractivity (Wildman–Crippen MR) is 149 cm³/mol. The minimum Gasteiger partial charge on any atom is -0.496 e. The van der Waals surface area contributed by atoms with Crippen molar-refractivity contribution < 1.29 is 27.8 Å². The average Bonchev–Trinajstić information content (AvgIpc) is 3.28. The highest BCUT2D eigenvalue weighted by Gasteiger charge is 2.32. The lowest BCUT2D eigenvalue weighted by molar-refractivity contribution is 0.191. The molecule has 2 amide bonds. The van der Waals surface area contributed by atoms with Crippen LogP contribution in [0.2, 0.25) is 0 Å². The van der Waals surface area contributed by atoms with E-state index < -0.39 is 12.3 Å². The molecule has 2 saturated heterocycles. The van der Waals surface area contributed by atoms with Gasteiger partial charge in [0.25, 0.3) is 0 Å². The van der Waals surface area contributed by atoms with E-state index in [0.717, 1.165) is 42.5 Å². The van der Waals surface area contributed by atoms with Crippen molar-refractivity contribution in [3.05, 3.63) is 47.5 Å². The number of urea groups is 1. The first-order valence-electron chi connectivity index (χ1n) is 14.0. The van der Waals surface area contributed by atoms with Crippen LogP contribution in [0.3, 0.4) is 0 Å². The normalized spacial score (nSPS) is 20.0. The average molecular weight is 546 g/mol. The maximum Gasteiger partial charge on any atom is 0.324 e. The summed E-state index contributed by atoms with van der Waals surface area (Å²) in [6.45, 7) is 5.34. The SMILES string of the molecule is CCCCCOc1cc(N2CCCN(Cc3ccc(CCN4C[C@@H](F)[C@@H](F)C4)cc3OC)C2=O)ccc1OC. The van der Waals surface area contributed by atoms with E-state index >= 15 is 0 Å². The van der Waals surface area contributed by atoms with Crippen molar-refractivity contribution in [2.45, 2.75) is 57.9 Å². The van der Waals surface area contributed by atoms with Crippen LogP contribution in [-0.4, -0.2) is 81.7 Å². The number of likely N-dealkylation sites (tertiary alicyclic amines) is 1. The quantitative estimate of drug-likeness (QED) is 0.305. The molecule has 214 valence electrons. The van der Waals surface area contributed by atoms with Crippen LogP contribution < -0.4 is 19.1 Å². The van der Waals surface area contributed by atoms with Gasteiger partial charge in [-0.1, -0.05) is 31.9 Å². The zero-order valence-corrected chi connectivity index (χ0v) is 23.3. The maximum atomic E-state index is 13.5. The monoisotopic (exact) mass is 545 g/mol. The predicted octanol–water partition coefficient (Wildman–Crippen LogP) is 5.64. The van der Waals surface area contributed by atoms with Crippen LogP contribution in [0.15, 0.2) is 36.4 Å². The van der Waals surface area contributed by atoms with Crippen LogP contribution in [0.4, 0.5) is 19.3 Å². The molecule has 2 atom stereocenters. The molecule has 7 nitrogen and oxygen atoms in total. The van der Waals surface area contributed by atoms with E-state index in [1.54, 1.807) is 19.1 Å². The fourth-order valence-electron chi connectivity index (χ4n) is 5.20. The van der Waals surface area contributed by atoms with Gasteiger partial charge in [0.15, 0.2) is 11.5 Å². The number of rotatable bonds is 13. The van der Waals surface area contributed by atoms with Gasteiger partial charge >= 0.3 is 6.03 Å². The van der Waals surface area contributed by atoms with Crippen molar-refractivity contribution in [2.75, 3.05) is 58.5 Å². The summed E-state index contributed by atoms with van der Waals surface area (Å²) in [5.74, 6) is 2.00. The second kappa shape index (κ2) is 13.8. The van der Waals surface area contributed by atoms with Gasteiger partial charge in [0, 0.05) is 50.0 Å². The van der Waals surface area contributed by atoms with Crippen LogP contribution in [0.5, 0.6) is 17.2 Å². The van der Waals surface area contributed by atoms with Gasteiger partial charge in [-0.3, -0.25) is 9.80 Å². The Hall–Kier alpha value is -3.07. The minimum absolute atomic E-state index is 0.0648. The Labute approximate surface area is 230 Å². The number of carbonyl (C=O) groups excluding carboxylic acids is 1. The van der Waals surface area contributed by atoms with E-state index in [-0.39, 0.29) is 19.1 Å². The zero-order chi connectivity index (χ0) is 27.8. The molecule has 0 N–H and O–H groups in total. The Morgan fingerprint density at radius 2 is 1.69 bits per heavy atom. The maximum absolute atomic E-state index is 13.5. The van der Waals surface area contributed by atoms with Crippen molar-refractivity contribution in [2.24, 2.45) is 0 Å². The number of carbonyl (C=O) groups is 1. The van der Waals surface area contributed by atoms with E-state index in [1.807, 2.05) is 46.2 Å². The molecule has 2 aromatic carbocycles. The van der Waals surface area contributed by atoms with Crippen molar-refractivity contribution in [1.29, 1.82) is 0 Å². The molecular formula is C30H41F2N3O4. The van der Waals surface area contributed by atoms with Gasteiger partial charge in [0.1, 0.15) is 18.1 Å². The molecule has 2 heterocycles. The minimum atomic E-state index is -1.40. The Kier molecular flexibility index (Phi) is 10.3. The number of anilines is 1. The number of ether oxygens (including phenoxy) is 3. The third-order valence-corrected chi connectivity index (χ3v) is 7.46. The van der Waals surface area contributed by atoms with E-state index in [0.29, 0.717) is 56.5 Å². The summed E-state index contributed by atoms with van der Waals surface area (Å²) in [5.41, 5.74) is 2.73. The van der Waals surface area contributed by atoms with E-state index in [1.165, 1.54) is 0 Å². The molecule has 4 rings (SSSR count). The highest BCUT2D eigenvalue weighted by Crippen LogP contribution is 2.34. The smallest absolute Gasteiger partial charge is 0.324 e. The lowest BCUT2D eigenvalue weighted by atomic mass is 10.1. The summed E-state index contributed by atoms with van der Waals surface area (Å²) in [5, 5.41) is 0. The molecular weight excluding hydrogens is 504 g/mol. The van der Waals surface area contributed by atoms with Gasteiger partial charge < -0.3 is 19.1 Å². The van der Waals surface area contributed by atoms with E-state index in [9.17, 15) is 13.6 Å². The lowest BCUT2D eigenvalue weighted by Gasteiger charge is -2.36. The largest absolute Gasteiger partial charge is 0.496 e. The highest BCUT2D eigenvalue weighted by molar-refractivity contribution is 5.93. The molecule has 0 unspecified atom stereocenters. The fraction of sp³-hybridized carbons (Fsp3) is 0.567. The number of alkyl halides is 2. The summed E-state index contributed by atoms with van der Waals surface area (Å²) in [6, 6.07) is 11.5. The van der Waals surface area contributed by atoms with E-state index in [2.05, 4.69) is 6.92 Å². The number of benzene rings is 2. The van der Waals surface area contributed by atoms with Crippen LogP contribution in [0, 0.1) is 0 Å². The topological polar surface area (TPSA) is 54.5 Å². The number of amides is 2. The van der Waals surface area contributed by atoms with Crippen molar-refractivity contribution >= 4 is 11.7 Å². The summed E-state index contributed by atoms with van der Waals surface area (Å²) in [6.07, 6.45) is 1.90. The third-order valence-electron chi connectivity index (χ3n) is 7.46. The standard InChI is InChI=1S/C30H41F2N3O4/c1-4-5-6-16-39-29-18-24(10-11-27(29)37-2)35-14-7-13-34(30(35)36)19-23-9-8-22(17-28(23)38-3)12-15-33-20-25(31)26(32)21-33/h8-11,17-18,25-26H,4-7,12-16,19-21H2,1-3H3/t25-,26+. The fourth-order valence-corrected chi connectivity index (χ4v) is 5.20. The second-order valence-corrected chi connectivity index (χ2v) is 10.3. The Morgan fingerprint density at radius 3 is 2.41 bits per heavy atom. The first-order chi connectivity index (χ1) is 18.9. The van der Waals surface area contributed by atoms with Crippen molar-refractivity contribution in [3.8, 4) is 17.2 Å². The zero-order valence-electron chi connectivity index (χ0n) is 23.3. The molecule has 0 spiro atoms. The van der Waals surface area contributed by atoms with Crippen LogP contribution in [0.25, 0.3) is 0 Å². The van der Waals surface area contributed by atoms with Gasteiger partial charge in [-0.25, -0.2) is 13.6 Å². The van der Waals surface area contributed by atoms with Crippen LogP contribution in [0.1, 0.15) is 43.7 Å². The second-order valence-electron chi connectivity index (χ2n) is 10.3. The Morgan fingerprint density at radius 1 is 0.923 bits per heavy atom. The number of methoxy groups -OCH3 is 2. The molecule has 0 radical (unpaired) electrons. The molecule has 0 aliphatic carbocycles. The summed E-state index contributed by atoms with van der Waals surface area (Å²) in [4.78, 5) is 19.0. The van der Waals surface area contributed by atoms with Gasteiger partial charge in [0.2, 0.25) is 0 Å². The van der Waals surface area contributed by atoms with Crippen molar-refractivity contribution in [1.82, 2.24) is 9.80 Å². The lowest BCUT2D eigenvalue weighted by Crippen LogP contribution is -2.49. The van der Waals surface area contributed by atoms with Gasteiger partial charge in [-0.2, -0.15) is 0 Å². The molecule has 0 bridgehead atoms. The number of nitrogens with zero attached hydrogens (tertiary/aromatic N) is 3. The molecule has 2 aromatic rings. The number of hydrogen-bond acceptors (Lipinski definition) is 5. The van der Waals surface area contributed by atoms with E-state index in [4.69, 9.17) is 14.2 Å². The summed E-state index contributed by atoms with van der Waals surface area (Å²) >= 11 is 0. The summed E-state index contributed by atoms with van der Waals surface area (Å²) < 4.78 is 44.1. The molecule has 2 aliphatic heterocycles. The molecule has 39 heavy (non-hydrogen) atoms. The Balaban J connectivity index is 1.41. The number of unbranched alkanes of at least 4 members (excludes halogenated alkanes) is 2. The van der Waals surface area contributed by atoms with Crippen LogP contribution >= 0.6 is 0 Å². The van der Waals surface area contributed by atoms with Crippen LogP contribution in [-0.2, 0) is 13.0 Å².